The highest BCUT2D eigenvalue weighted by atomic mass is 16.5. The number of nitrogens with one attached hydrogen (secondary N) is 1. The van der Waals surface area contributed by atoms with Gasteiger partial charge in [-0.1, -0.05) is 66.7 Å². The molecule has 6 nitrogen and oxygen atoms in total. The van der Waals surface area contributed by atoms with Crippen molar-refractivity contribution in [1.29, 1.82) is 0 Å². The molecule has 35 heavy (non-hydrogen) atoms. The molecule has 6 rings (SSSR count). The van der Waals surface area contributed by atoms with E-state index in [1.165, 1.54) is 0 Å². The molecule has 3 aromatic carbocycles. The molecule has 3 heterocycles. The Morgan fingerprint density at radius 1 is 0.943 bits per heavy atom. The fourth-order valence-electron chi connectivity index (χ4n) is 5.58. The summed E-state index contributed by atoms with van der Waals surface area (Å²) < 4.78 is 5.97. The van der Waals surface area contributed by atoms with E-state index >= 15 is 0 Å². The number of nitrogens with zero attached hydrogens (tertiary/aromatic N) is 2. The number of piperazine rings is 1. The Hall–Kier alpha value is -4.06. The first kappa shape index (κ1) is 21.5. The van der Waals surface area contributed by atoms with Crippen LogP contribution in [0.3, 0.4) is 0 Å². The summed E-state index contributed by atoms with van der Waals surface area (Å²) in [5, 5.41) is 1.10. The minimum absolute atomic E-state index is 0.0109. The number of carbonyl (C=O) groups is 2. The molecule has 4 aromatic rings. The maximum absolute atomic E-state index is 13.9. The van der Waals surface area contributed by atoms with Crippen molar-refractivity contribution in [3.8, 4) is 5.75 Å². The normalized spacial score (nSPS) is 19.6. The minimum atomic E-state index is -0.564. The molecular weight excluding hydrogens is 438 g/mol. The van der Waals surface area contributed by atoms with E-state index in [2.05, 4.69) is 11.1 Å². The predicted molar refractivity (Wildman–Crippen MR) is 134 cm³/mol. The summed E-state index contributed by atoms with van der Waals surface area (Å²) in [5.74, 6) is 0.673. The van der Waals surface area contributed by atoms with Gasteiger partial charge in [-0.05, 0) is 30.2 Å². The molecule has 0 spiro atoms. The van der Waals surface area contributed by atoms with Crippen LogP contribution >= 0.6 is 0 Å². The van der Waals surface area contributed by atoms with Crippen LogP contribution in [-0.2, 0) is 22.6 Å². The largest absolute Gasteiger partial charge is 0.494 e. The number of rotatable bonds is 5. The van der Waals surface area contributed by atoms with Gasteiger partial charge in [0.1, 0.15) is 24.4 Å². The molecule has 0 radical (unpaired) electrons. The van der Waals surface area contributed by atoms with Crippen molar-refractivity contribution in [2.24, 2.45) is 0 Å². The van der Waals surface area contributed by atoms with Crippen LogP contribution in [0.4, 0.5) is 0 Å². The second kappa shape index (κ2) is 8.62. The lowest BCUT2D eigenvalue weighted by molar-refractivity contribution is -0.159. The summed E-state index contributed by atoms with van der Waals surface area (Å²) in [4.78, 5) is 34.7. The molecule has 1 saturated heterocycles. The Labute approximate surface area is 204 Å². The number of amides is 2. The Balaban J connectivity index is 1.48. The molecule has 2 aliphatic rings. The summed E-state index contributed by atoms with van der Waals surface area (Å²) >= 11 is 0. The average molecular weight is 466 g/mol. The fourth-order valence-corrected chi connectivity index (χ4v) is 5.58. The van der Waals surface area contributed by atoms with E-state index in [9.17, 15) is 9.59 Å². The predicted octanol–water partition coefficient (Wildman–Crippen LogP) is 4.45. The third-order valence-corrected chi connectivity index (χ3v) is 7.07. The van der Waals surface area contributed by atoms with Crippen LogP contribution in [0.1, 0.15) is 35.3 Å². The first-order chi connectivity index (χ1) is 17.2. The molecule has 176 valence electrons. The van der Waals surface area contributed by atoms with Crippen molar-refractivity contribution in [3.05, 3.63) is 101 Å². The Bertz CT molecular complexity index is 1410. The number of benzene rings is 3. The summed E-state index contributed by atoms with van der Waals surface area (Å²) in [6, 6.07) is 24.8. The van der Waals surface area contributed by atoms with Crippen LogP contribution in [-0.4, -0.2) is 45.8 Å². The van der Waals surface area contributed by atoms with Gasteiger partial charge in [-0.15, -0.1) is 0 Å². The van der Waals surface area contributed by atoms with Gasteiger partial charge in [0.2, 0.25) is 11.8 Å². The maximum atomic E-state index is 13.9. The molecule has 1 fully saturated rings. The second-order valence-corrected chi connectivity index (χ2v) is 9.14. The topological polar surface area (TPSA) is 65.6 Å². The van der Waals surface area contributed by atoms with Crippen molar-refractivity contribution in [2.75, 3.05) is 13.2 Å². The van der Waals surface area contributed by atoms with Crippen LogP contribution < -0.4 is 4.74 Å². The molecular formula is C29H27N3O3. The lowest BCUT2D eigenvalue weighted by atomic mass is 9.85. The van der Waals surface area contributed by atoms with Crippen LogP contribution in [0.15, 0.2) is 78.9 Å². The SMILES string of the molecule is CCOc1ccccc1C1c2[nH]c3ccccc3c2C[C@H]2C(=O)N(Cc3ccccc3)CC(=O)N12. The van der Waals surface area contributed by atoms with Crippen LogP contribution in [0.5, 0.6) is 5.75 Å². The van der Waals surface area contributed by atoms with Crippen LogP contribution in [0.2, 0.25) is 0 Å². The monoisotopic (exact) mass is 465 g/mol. The number of hydrogen-bond donors (Lipinski definition) is 1. The first-order valence-corrected chi connectivity index (χ1v) is 12.1. The van der Waals surface area contributed by atoms with Gasteiger partial charge in [0.05, 0.1) is 6.61 Å². The van der Waals surface area contributed by atoms with Gasteiger partial charge in [-0.25, -0.2) is 0 Å². The van der Waals surface area contributed by atoms with Crippen molar-refractivity contribution in [2.45, 2.75) is 32.0 Å². The third-order valence-electron chi connectivity index (χ3n) is 7.07. The van der Waals surface area contributed by atoms with Gasteiger partial charge in [-0.3, -0.25) is 9.59 Å². The molecule has 1 unspecified atom stereocenters. The van der Waals surface area contributed by atoms with Crippen LogP contribution in [0, 0.1) is 0 Å². The number of aromatic amines is 1. The second-order valence-electron chi connectivity index (χ2n) is 9.14. The molecule has 2 amide bonds. The molecule has 2 atom stereocenters. The Kier molecular flexibility index (Phi) is 5.29. The summed E-state index contributed by atoms with van der Waals surface area (Å²) in [6.07, 6.45) is 0.489. The lowest BCUT2D eigenvalue weighted by Crippen LogP contribution is -2.62. The third kappa shape index (κ3) is 3.57. The smallest absolute Gasteiger partial charge is 0.246 e. The zero-order chi connectivity index (χ0) is 23.9. The number of ether oxygens (including phenoxy) is 1. The highest BCUT2D eigenvalue weighted by Gasteiger charge is 2.48. The average Bonchev–Trinajstić information content (AvgIpc) is 3.26. The zero-order valence-electron chi connectivity index (χ0n) is 19.6. The summed E-state index contributed by atoms with van der Waals surface area (Å²) in [7, 11) is 0. The summed E-state index contributed by atoms with van der Waals surface area (Å²) in [5.41, 5.74) is 4.99. The summed E-state index contributed by atoms with van der Waals surface area (Å²) in [6.45, 7) is 2.96. The Morgan fingerprint density at radius 3 is 2.51 bits per heavy atom. The fraction of sp³-hybridized carbons (Fsp3) is 0.241. The van der Waals surface area contributed by atoms with Crippen molar-refractivity contribution < 1.29 is 14.3 Å². The Morgan fingerprint density at radius 2 is 1.69 bits per heavy atom. The number of carbonyl (C=O) groups excluding carboxylic acids is 2. The molecule has 0 bridgehead atoms. The lowest BCUT2D eigenvalue weighted by Gasteiger charge is -2.47. The number of aromatic nitrogens is 1. The molecule has 0 aliphatic carbocycles. The quantitative estimate of drug-likeness (QED) is 0.474. The molecule has 1 N–H and O–H groups in total. The van der Waals surface area contributed by atoms with Crippen molar-refractivity contribution in [3.63, 3.8) is 0 Å². The first-order valence-electron chi connectivity index (χ1n) is 12.1. The van der Waals surface area contributed by atoms with Crippen molar-refractivity contribution in [1.82, 2.24) is 14.8 Å². The molecule has 6 heteroatoms. The minimum Gasteiger partial charge on any atom is -0.494 e. The van der Waals surface area contributed by atoms with Gasteiger partial charge >= 0.3 is 0 Å². The van der Waals surface area contributed by atoms with Crippen molar-refractivity contribution >= 4 is 22.7 Å². The van der Waals surface area contributed by atoms with Gasteiger partial charge in [0.25, 0.3) is 0 Å². The van der Waals surface area contributed by atoms with Gasteiger partial charge in [0.15, 0.2) is 0 Å². The highest BCUT2D eigenvalue weighted by Crippen LogP contribution is 2.45. The van der Waals surface area contributed by atoms with E-state index in [0.717, 1.165) is 39.0 Å². The molecule has 2 aliphatic heterocycles. The van der Waals surface area contributed by atoms with Crippen LogP contribution in [0.25, 0.3) is 10.9 Å². The van der Waals surface area contributed by atoms with Gasteiger partial charge in [-0.2, -0.15) is 0 Å². The van der Waals surface area contributed by atoms with E-state index in [-0.39, 0.29) is 18.4 Å². The van der Waals surface area contributed by atoms with E-state index in [0.29, 0.717) is 19.6 Å². The zero-order valence-corrected chi connectivity index (χ0v) is 19.6. The number of fused-ring (bicyclic) bond motifs is 4. The molecule has 1 aromatic heterocycles. The number of para-hydroxylation sites is 2. The van der Waals surface area contributed by atoms with E-state index in [1.807, 2.05) is 79.7 Å². The number of H-pyrrole nitrogens is 1. The standard InChI is InChI=1S/C29H27N3O3/c1-2-35-25-15-9-7-13-21(25)28-27-22(20-12-6-8-14-23(20)30-27)16-24-29(34)31(18-26(33)32(24)28)17-19-10-4-3-5-11-19/h3-15,24,28,30H,2,16-18H2,1H3/t24-,28?/m0/s1. The molecule has 0 saturated carbocycles. The van der Waals surface area contributed by atoms with E-state index in [4.69, 9.17) is 4.74 Å². The maximum Gasteiger partial charge on any atom is 0.246 e. The highest BCUT2D eigenvalue weighted by molar-refractivity contribution is 5.97. The van der Waals surface area contributed by atoms with Gasteiger partial charge < -0.3 is 19.5 Å². The van der Waals surface area contributed by atoms with Gasteiger partial charge in [0, 0.05) is 35.1 Å². The van der Waals surface area contributed by atoms with E-state index < -0.39 is 12.1 Å². The van der Waals surface area contributed by atoms with E-state index in [1.54, 1.807) is 9.80 Å². The number of hydrogen-bond acceptors (Lipinski definition) is 3.